The predicted octanol–water partition coefficient (Wildman–Crippen LogP) is 4.57. The zero-order chi connectivity index (χ0) is 22.7. The van der Waals surface area contributed by atoms with E-state index in [1.807, 2.05) is 29.8 Å². The maximum absolute atomic E-state index is 13.4. The van der Waals surface area contributed by atoms with E-state index in [9.17, 15) is 4.79 Å². The standard InChI is InChI=1S/C24H27ClN4O3/c1-15-19(25)5-4-6-21(15)29-23(16-9-11-26-12-10-16)18(14-27-29)24(30)28-20-13-17(31-2)7-8-22(20)32-3/h4-8,13-14,16,26H,9-12H2,1-3H3,(H,28,30). The summed E-state index contributed by atoms with van der Waals surface area (Å²) >= 11 is 6.38. The number of halogens is 1. The lowest BCUT2D eigenvalue weighted by Crippen LogP contribution is -2.29. The first-order chi connectivity index (χ1) is 15.5. The first-order valence-corrected chi connectivity index (χ1v) is 11.0. The van der Waals surface area contributed by atoms with Crippen LogP contribution >= 0.6 is 11.6 Å². The van der Waals surface area contributed by atoms with Crippen molar-refractivity contribution >= 4 is 23.2 Å². The fourth-order valence-electron chi connectivity index (χ4n) is 4.14. The summed E-state index contributed by atoms with van der Waals surface area (Å²) in [7, 11) is 3.15. The highest BCUT2D eigenvalue weighted by Gasteiger charge is 2.28. The Kier molecular flexibility index (Phi) is 6.67. The lowest BCUT2D eigenvalue weighted by molar-refractivity contribution is 0.102. The van der Waals surface area contributed by atoms with E-state index >= 15 is 0 Å². The second-order valence-corrected chi connectivity index (χ2v) is 8.19. The van der Waals surface area contributed by atoms with Crippen molar-refractivity contribution < 1.29 is 14.3 Å². The van der Waals surface area contributed by atoms with E-state index in [2.05, 4.69) is 15.7 Å². The highest BCUT2D eigenvalue weighted by molar-refractivity contribution is 6.31. The number of nitrogens with zero attached hydrogens (tertiary/aromatic N) is 2. The maximum Gasteiger partial charge on any atom is 0.259 e. The van der Waals surface area contributed by atoms with Crippen molar-refractivity contribution in [1.82, 2.24) is 15.1 Å². The van der Waals surface area contributed by atoms with Gasteiger partial charge in [0.15, 0.2) is 0 Å². The van der Waals surface area contributed by atoms with Crippen molar-refractivity contribution in [3.8, 4) is 17.2 Å². The minimum absolute atomic E-state index is 0.199. The van der Waals surface area contributed by atoms with Gasteiger partial charge in [-0.05, 0) is 62.7 Å². The third-order valence-electron chi connectivity index (χ3n) is 5.90. The highest BCUT2D eigenvalue weighted by atomic mass is 35.5. The number of nitrogens with one attached hydrogen (secondary N) is 2. The molecular formula is C24H27ClN4O3. The molecule has 2 heterocycles. The molecule has 1 amide bonds. The number of benzene rings is 2. The first-order valence-electron chi connectivity index (χ1n) is 10.6. The van der Waals surface area contributed by atoms with E-state index in [4.69, 9.17) is 21.1 Å². The lowest BCUT2D eigenvalue weighted by atomic mass is 9.91. The Morgan fingerprint density at radius 2 is 1.97 bits per heavy atom. The van der Waals surface area contributed by atoms with Crippen LogP contribution in [0.15, 0.2) is 42.6 Å². The molecule has 32 heavy (non-hydrogen) atoms. The molecule has 4 rings (SSSR count). The van der Waals surface area contributed by atoms with Crippen molar-refractivity contribution in [2.24, 2.45) is 0 Å². The van der Waals surface area contributed by atoms with Gasteiger partial charge >= 0.3 is 0 Å². The molecule has 1 fully saturated rings. The average Bonchev–Trinajstić information content (AvgIpc) is 3.26. The lowest BCUT2D eigenvalue weighted by Gasteiger charge is -2.25. The summed E-state index contributed by atoms with van der Waals surface area (Å²) < 4.78 is 12.6. The second kappa shape index (κ2) is 9.63. The average molecular weight is 455 g/mol. The fraction of sp³-hybridized carbons (Fsp3) is 0.333. The highest BCUT2D eigenvalue weighted by Crippen LogP contribution is 2.34. The number of piperidine rings is 1. The molecule has 0 saturated carbocycles. The Labute approximate surface area is 192 Å². The van der Waals surface area contributed by atoms with Gasteiger partial charge in [-0.3, -0.25) is 4.79 Å². The Bertz CT molecular complexity index is 1120. The Morgan fingerprint density at radius 1 is 1.19 bits per heavy atom. The van der Waals surface area contributed by atoms with E-state index in [1.54, 1.807) is 38.6 Å². The summed E-state index contributed by atoms with van der Waals surface area (Å²) in [5.41, 5.74) is 3.79. The molecule has 7 nitrogen and oxygen atoms in total. The second-order valence-electron chi connectivity index (χ2n) is 7.78. The summed E-state index contributed by atoms with van der Waals surface area (Å²) in [5.74, 6) is 1.15. The molecule has 1 aliphatic heterocycles. The SMILES string of the molecule is COc1ccc(OC)c(NC(=O)c2cnn(-c3cccc(Cl)c3C)c2C2CCNCC2)c1. The number of methoxy groups -OCH3 is 2. The van der Waals surface area contributed by atoms with Crippen molar-refractivity contribution in [1.29, 1.82) is 0 Å². The number of rotatable bonds is 6. The number of carbonyl (C=O) groups is 1. The number of aromatic nitrogens is 2. The molecule has 168 valence electrons. The number of anilines is 1. The van der Waals surface area contributed by atoms with Gasteiger partial charge < -0.3 is 20.1 Å². The third kappa shape index (κ3) is 4.31. The van der Waals surface area contributed by atoms with E-state index in [1.165, 1.54) is 0 Å². The van der Waals surface area contributed by atoms with Gasteiger partial charge in [0.2, 0.25) is 0 Å². The van der Waals surface area contributed by atoms with E-state index in [-0.39, 0.29) is 11.8 Å². The maximum atomic E-state index is 13.4. The molecule has 0 spiro atoms. The molecule has 1 aromatic heterocycles. The molecule has 1 saturated heterocycles. The fourth-order valence-corrected chi connectivity index (χ4v) is 4.31. The van der Waals surface area contributed by atoms with Gasteiger partial charge in [0.25, 0.3) is 5.91 Å². The quantitative estimate of drug-likeness (QED) is 0.570. The summed E-state index contributed by atoms with van der Waals surface area (Å²) in [5, 5.41) is 11.7. The van der Waals surface area contributed by atoms with Crippen LogP contribution < -0.4 is 20.1 Å². The monoisotopic (exact) mass is 454 g/mol. The van der Waals surface area contributed by atoms with Gasteiger partial charge in [0.05, 0.1) is 43.0 Å². The number of hydrogen-bond donors (Lipinski definition) is 2. The van der Waals surface area contributed by atoms with Crippen LogP contribution in [0, 0.1) is 6.92 Å². The van der Waals surface area contributed by atoms with E-state index < -0.39 is 0 Å². The van der Waals surface area contributed by atoms with Crippen molar-refractivity contribution in [2.75, 3.05) is 32.6 Å². The van der Waals surface area contributed by atoms with Crippen LogP contribution in [0.5, 0.6) is 11.5 Å². The van der Waals surface area contributed by atoms with Crippen LogP contribution in [0.25, 0.3) is 5.69 Å². The zero-order valence-corrected chi connectivity index (χ0v) is 19.2. The van der Waals surface area contributed by atoms with Crippen molar-refractivity contribution in [3.63, 3.8) is 0 Å². The molecule has 0 aliphatic carbocycles. The van der Waals surface area contributed by atoms with Crippen molar-refractivity contribution in [3.05, 3.63) is 64.4 Å². The third-order valence-corrected chi connectivity index (χ3v) is 6.31. The van der Waals surface area contributed by atoms with E-state index in [0.717, 1.165) is 42.9 Å². The summed E-state index contributed by atoms with van der Waals surface area (Å²) in [6.45, 7) is 3.76. The molecule has 1 aliphatic rings. The van der Waals surface area contributed by atoms with Gasteiger partial charge in [-0.15, -0.1) is 0 Å². The Balaban J connectivity index is 1.76. The minimum atomic E-state index is -0.240. The molecular weight excluding hydrogens is 428 g/mol. The van der Waals surface area contributed by atoms with E-state index in [0.29, 0.717) is 27.8 Å². The number of carbonyl (C=O) groups excluding carboxylic acids is 1. The van der Waals surface area contributed by atoms with Gasteiger partial charge in [-0.1, -0.05) is 17.7 Å². The molecule has 0 bridgehead atoms. The molecule has 8 heteroatoms. The van der Waals surface area contributed by atoms with Crippen molar-refractivity contribution in [2.45, 2.75) is 25.7 Å². The normalized spacial score (nSPS) is 14.2. The molecule has 3 aromatic rings. The predicted molar refractivity (Wildman–Crippen MR) is 126 cm³/mol. The molecule has 0 atom stereocenters. The molecule has 0 radical (unpaired) electrons. The minimum Gasteiger partial charge on any atom is -0.497 e. The van der Waals surface area contributed by atoms with Gasteiger partial charge in [-0.2, -0.15) is 5.10 Å². The molecule has 2 N–H and O–H groups in total. The smallest absolute Gasteiger partial charge is 0.259 e. The number of amides is 1. The van der Waals surface area contributed by atoms with Gasteiger partial charge in [-0.25, -0.2) is 4.68 Å². The Hall–Kier alpha value is -3.03. The molecule has 0 unspecified atom stereocenters. The van der Waals surface area contributed by atoms with Gasteiger partial charge in [0, 0.05) is 17.0 Å². The molecule has 2 aromatic carbocycles. The van der Waals surface area contributed by atoms with Crippen LogP contribution in [0.4, 0.5) is 5.69 Å². The van der Waals surface area contributed by atoms with Crippen LogP contribution in [0.2, 0.25) is 5.02 Å². The van der Waals surface area contributed by atoms with Crippen LogP contribution in [0.1, 0.15) is 40.4 Å². The van der Waals surface area contributed by atoms with Gasteiger partial charge in [0.1, 0.15) is 11.5 Å². The summed E-state index contributed by atoms with van der Waals surface area (Å²) in [6, 6.07) is 11.0. The largest absolute Gasteiger partial charge is 0.497 e. The van der Waals surface area contributed by atoms with Crippen LogP contribution in [0.3, 0.4) is 0 Å². The number of hydrogen-bond acceptors (Lipinski definition) is 5. The number of ether oxygens (including phenoxy) is 2. The first kappa shape index (κ1) is 22.2. The summed E-state index contributed by atoms with van der Waals surface area (Å²) in [6.07, 6.45) is 3.49. The topological polar surface area (TPSA) is 77.4 Å². The zero-order valence-electron chi connectivity index (χ0n) is 18.4. The summed E-state index contributed by atoms with van der Waals surface area (Å²) in [4.78, 5) is 13.4. The Morgan fingerprint density at radius 3 is 2.69 bits per heavy atom. The van der Waals surface area contributed by atoms with Crippen LogP contribution in [-0.2, 0) is 0 Å². The van der Waals surface area contributed by atoms with Crippen LogP contribution in [-0.4, -0.2) is 43.0 Å².